The summed E-state index contributed by atoms with van der Waals surface area (Å²) < 4.78 is 8.43. The molecule has 2 fully saturated rings. The Labute approximate surface area is 393 Å². The Morgan fingerprint density at radius 3 is 2.51 bits per heavy atom. The number of hydrazine groups is 1. The van der Waals surface area contributed by atoms with Crippen LogP contribution in [-0.4, -0.2) is 147 Å². The highest BCUT2D eigenvalue weighted by atomic mass is 16.5. The summed E-state index contributed by atoms with van der Waals surface area (Å²) in [6, 6.07) is 12.1. The number of aliphatic hydroxyl groups excluding tert-OH is 1. The number of esters is 1. The Bertz CT molecular complexity index is 2520. The molecule has 360 valence electrons. The maximum absolute atomic E-state index is 14.7. The predicted molar refractivity (Wildman–Crippen MR) is 255 cm³/mol. The summed E-state index contributed by atoms with van der Waals surface area (Å²) in [5, 5.41) is 26.0. The molecule has 0 spiro atoms. The molecule has 3 aliphatic heterocycles. The average molecular weight is 921 g/mol. The number of nitrogens with zero attached hydrogens (tertiary/aromatic N) is 6. The number of phenolic OH excluding ortho intramolecular Hbond substituents is 1. The molecule has 0 radical (unpaired) electrons. The number of ether oxygens (including phenoxy) is 1. The van der Waals surface area contributed by atoms with Crippen LogP contribution in [0.4, 0.5) is 0 Å². The Morgan fingerprint density at radius 2 is 1.81 bits per heavy atom. The van der Waals surface area contributed by atoms with Gasteiger partial charge in [0, 0.05) is 74.8 Å². The van der Waals surface area contributed by atoms with Crippen LogP contribution in [0.3, 0.4) is 0 Å². The van der Waals surface area contributed by atoms with Gasteiger partial charge in [-0.2, -0.15) is 0 Å². The van der Waals surface area contributed by atoms with E-state index in [1.54, 1.807) is 26.0 Å². The van der Waals surface area contributed by atoms with E-state index in [9.17, 15) is 34.2 Å². The number of carbonyl (C=O) groups excluding carboxylic acids is 5. The molecule has 4 amide bonds. The van der Waals surface area contributed by atoms with Crippen LogP contribution in [0, 0.1) is 11.3 Å². The van der Waals surface area contributed by atoms with Gasteiger partial charge in [0.25, 0.3) is 5.91 Å². The third-order valence-corrected chi connectivity index (χ3v) is 13.3. The summed E-state index contributed by atoms with van der Waals surface area (Å²) in [6.07, 6.45) is 3.31. The minimum Gasteiger partial charge on any atom is -0.508 e. The number of likely N-dealkylation sites (N-methyl/N-ethyl adjacent to an activating group) is 2. The van der Waals surface area contributed by atoms with Crippen molar-refractivity contribution in [1.82, 2.24) is 40.0 Å². The van der Waals surface area contributed by atoms with E-state index in [-0.39, 0.29) is 50.3 Å². The monoisotopic (exact) mass is 921 g/mol. The molecule has 5 atom stereocenters. The number of hydrogen-bond donors (Lipinski definition) is 4. The first-order valence-corrected chi connectivity index (χ1v) is 23.7. The van der Waals surface area contributed by atoms with Gasteiger partial charge in [-0.15, -0.1) is 0 Å². The average Bonchev–Trinajstić information content (AvgIpc) is 4.00. The van der Waals surface area contributed by atoms with Gasteiger partial charge in [-0.3, -0.25) is 38.9 Å². The highest BCUT2D eigenvalue weighted by Crippen LogP contribution is 2.42. The van der Waals surface area contributed by atoms with Crippen molar-refractivity contribution in [1.29, 1.82) is 0 Å². The second-order valence-electron chi connectivity index (χ2n) is 19.9. The molecule has 6 bridgehead atoms. The number of cyclic esters (lactones) is 1. The number of aromatic hydroxyl groups is 1. The van der Waals surface area contributed by atoms with Gasteiger partial charge in [0.15, 0.2) is 0 Å². The molecule has 3 aliphatic rings. The fourth-order valence-electron chi connectivity index (χ4n) is 9.86. The van der Waals surface area contributed by atoms with Crippen LogP contribution in [0.2, 0.25) is 0 Å². The summed E-state index contributed by atoms with van der Waals surface area (Å²) in [5.74, 6) is -2.51. The number of fused-ring (bicyclic) bond motifs is 6. The minimum atomic E-state index is -1.19. The van der Waals surface area contributed by atoms with E-state index >= 15 is 0 Å². The minimum absolute atomic E-state index is 0.0155. The lowest BCUT2D eigenvalue weighted by atomic mass is 9.83. The maximum Gasteiger partial charge on any atom is 0.324 e. The smallest absolute Gasteiger partial charge is 0.324 e. The zero-order chi connectivity index (χ0) is 48.5. The highest BCUT2D eigenvalue weighted by Gasteiger charge is 2.43. The molecule has 5 heterocycles. The summed E-state index contributed by atoms with van der Waals surface area (Å²) in [7, 11) is 3.05. The molecule has 16 heteroatoms. The first kappa shape index (κ1) is 49.1. The van der Waals surface area contributed by atoms with E-state index in [0.717, 1.165) is 44.5 Å². The normalized spacial score (nSPS) is 21.2. The number of hydrogen-bond acceptors (Lipinski definition) is 11. The Balaban J connectivity index is 1.27. The SMILES string of the molecule is CCn1c(-c2cccnc2C(C)C)c2c3cc(ccc31)-c1cc(O)cc(c1)C[C@H](NC(=O)[C@H](C(C)C)N(C)C(=O)CN(C)C(=O)[C@H]1CN1CCO)C(=O)N1CCC[C@H](N1)C(=O)OCC(C)(C)C2. The van der Waals surface area contributed by atoms with E-state index in [0.29, 0.717) is 44.5 Å². The third-order valence-electron chi connectivity index (χ3n) is 13.3. The van der Waals surface area contributed by atoms with Gasteiger partial charge >= 0.3 is 5.97 Å². The number of nitrogens with one attached hydrogen (secondary N) is 2. The standard InChI is InChI=1S/C51H68N8O8/c1-10-58-41-16-15-33-25-37(41)38(46(58)36-13-11-17-52-44(36)30(2)3)26-51(6,7)29-67-50(66)39-14-12-18-59(54-39)48(64)40(23-32-21-34(33)24-35(61)22-32)53-47(63)45(31(4)5)56(9)43(62)28-55(8)49(65)42-27-57(42)19-20-60/h11,13,15-17,21-22,24-25,30-31,39-40,42,45,54,60-61H,10,12,14,18-20,23,26-29H2,1-9H3,(H,53,63)/t39-,40-,42+,45-,57?/m0/s1. The third kappa shape index (κ3) is 10.7. The number of aliphatic hydroxyl groups is 1. The largest absolute Gasteiger partial charge is 0.508 e. The van der Waals surface area contributed by atoms with Crippen LogP contribution >= 0.6 is 0 Å². The fourth-order valence-corrected chi connectivity index (χ4v) is 9.86. The first-order chi connectivity index (χ1) is 31.8. The predicted octanol–water partition coefficient (Wildman–Crippen LogP) is 4.49. The molecule has 4 N–H and O–H groups in total. The van der Waals surface area contributed by atoms with Gasteiger partial charge in [0.2, 0.25) is 17.7 Å². The first-order valence-electron chi connectivity index (χ1n) is 23.7. The van der Waals surface area contributed by atoms with Crippen LogP contribution in [0.15, 0.2) is 54.7 Å². The quantitative estimate of drug-likeness (QED) is 0.116. The second kappa shape index (κ2) is 20.2. The molecule has 16 nitrogen and oxygen atoms in total. The van der Waals surface area contributed by atoms with Gasteiger partial charge in [-0.25, -0.2) is 5.43 Å². The molecule has 2 aromatic carbocycles. The molecule has 1 unspecified atom stereocenters. The summed E-state index contributed by atoms with van der Waals surface area (Å²) in [6.45, 7) is 15.8. The van der Waals surface area contributed by atoms with Gasteiger partial charge in [0.1, 0.15) is 29.9 Å². The van der Waals surface area contributed by atoms with Crippen molar-refractivity contribution in [2.75, 3.05) is 53.5 Å². The van der Waals surface area contributed by atoms with Gasteiger partial charge < -0.3 is 34.6 Å². The number of carbonyl (C=O) groups is 5. The fraction of sp³-hybridized carbons (Fsp3) is 0.529. The van der Waals surface area contributed by atoms with E-state index in [1.807, 2.05) is 29.3 Å². The van der Waals surface area contributed by atoms with E-state index in [1.165, 1.54) is 28.9 Å². The number of rotatable bonds is 12. The number of aryl methyl sites for hydroxylation is 1. The molecule has 2 saturated heterocycles. The van der Waals surface area contributed by atoms with Crippen molar-refractivity contribution in [2.24, 2.45) is 11.3 Å². The van der Waals surface area contributed by atoms with E-state index < -0.39 is 59.2 Å². The van der Waals surface area contributed by atoms with Crippen molar-refractivity contribution < 1.29 is 38.9 Å². The number of benzene rings is 2. The van der Waals surface area contributed by atoms with E-state index in [2.05, 4.69) is 68.1 Å². The number of amides is 4. The number of phenols is 1. The van der Waals surface area contributed by atoms with Crippen molar-refractivity contribution >= 4 is 40.5 Å². The zero-order valence-corrected chi connectivity index (χ0v) is 40.5. The Morgan fingerprint density at radius 1 is 1.04 bits per heavy atom. The molecular weight excluding hydrogens is 853 g/mol. The van der Waals surface area contributed by atoms with Crippen LogP contribution in [0.25, 0.3) is 33.3 Å². The lowest BCUT2D eigenvalue weighted by Gasteiger charge is -2.37. The summed E-state index contributed by atoms with van der Waals surface area (Å²) in [5.41, 5.74) is 9.95. The van der Waals surface area contributed by atoms with Gasteiger partial charge in [-0.1, -0.05) is 53.7 Å². The van der Waals surface area contributed by atoms with Gasteiger partial charge in [-0.05, 0) is 96.7 Å². The van der Waals surface area contributed by atoms with Crippen LogP contribution < -0.4 is 10.7 Å². The van der Waals surface area contributed by atoms with Crippen LogP contribution in [-0.2, 0) is 48.1 Å². The highest BCUT2D eigenvalue weighted by molar-refractivity contribution is 5.96. The molecule has 7 rings (SSSR count). The molecule has 0 saturated carbocycles. The number of β-amino-alcohol motifs (C(OH)–C–C–N with tert-alkyl or cyclic N) is 1. The summed E-state index contributed by atoms with van der Waals surface area (Å²) in [4.78, 5) is 79.2. The van der Waals surface area contributed by atoms with Crippen molar-refractivity contribution in [2.45, 2.75) is 111 Å². The Kier molecular flexibility index (Phi) is 14.8. The van der Waals surface area contributed by atoms with Crippen LogP contribution in [0.5, 0.6) is 5.75 Å². The molecular formula is C51H68N8O8. The number of aromatic nitrogens is 2. The molecule has 0 aliphatic carbocycles. The van der Waals surface area contributed by atoms with E-state index in [4.69, 9.17) is 9.72 Å². The van der Waals surface area contributed by atoms with Crippen LogP contribution in [0.1, 0.15) is 84.0 Å². The lowest BCUT2D eigenvalue weighted by molar-refractivity contribution is -0.155. The molecule has 67 heavy (non-hydrogen) atoms. The topological polar surface area (TPSA) is 190 Å². The summed E-state index contributed by atoms with van der Waals surface area (Å²) >= 11 is 0. The zero-order valence-electron chi connectivity index (χ0n) is 40.5. The lowest BCUT2D eigenvalue weighted by Crippen LogP contribution is -2.62. The maximum atomic E-state index is 14.7. The molecule has 4 aromatic rings. The van der Waals surface area contributed by atoms with Crippen molar-refractivity contribution in [3.05, 3.63) is 71.5 Å². The van der Waals surface area contributed by atoms with Crippen molar-refractivity contribution in [3.63, 3.8) is 0 Å². The van der Waals surface area contributed by atoms with Crippen molar-refractivity contribution in [3.8, 4) is 28.1 Å². The van der Waals surface area contributed by atoms with Gasteiger partial charge in [0.05, 0.1) is 31.1 Å². The molecule has 2 aromatic heterocycles. The number of pyridine rings is 1. The second-order valence-corrected chi connectivity index (χ2v) is 19.9. The Hall–Kier alpha value is -5.84.